The van der Waals surface area contributed by atoms with E-state index in [0.717, 1.165) is 3.57 Å². The molecule has 0 aliphatic carbocycles. The lowest BCUT2D eigenvalue weighted by Crippen LogP contribution is -2.34. The Morgan fingerprint density at radius 3 is 2.70 bits per heavy atom. The summed E-state index contributed by atoms with van der Waals surface area (Å²) in [6, 6.07) is 9.25. The van der Waals surface area contributed by atoms with Crippen LogP contribution in [0, 0.1) is 9.39 Å². The summed E-state index contributed by atoms with van der Waals surface area (Å²) >= 11 is 12.9. The van der Waals surface area contributed by atoms with E-state index in [1.807, 2.05) is 22.6 Å². The maximum atomic E-state index is 13.8. The average molecular weight is 465 g/mol. The van der Waals surface area contributed by atoms with E-state index < -0.39 is 11.7 Å². The van der Waals surface area contributed by atoms with Crippen LogP contribution < -0.4 is 15.4 Å². The molecular formula is C15H11ClFIN2O2S. The van der Waals surface area contributed by atoms with Gasteiger partial charge in [-0.15, -0.1) is 0 Å². The number of rotatable bonds is 3. The fourth-order valence-electron chi connectivity index (χ4n) is 1.77. The highest BCUT2D eigenvalue weighted by Gasteiger charge is 2.15. The number of methoxy groups -OCH3 is 1. The number of halogens is 3. The summed E-state index contributed by atoms with van der Waals surface area (Å²) in [5.41, 5.74) is 0.404. The van der Waals surface area contributed by atoms with Crippen LogP contribution in [0.4, 0.5) is 10.1 Å². The van der Waals surface area contributed by atoms with Crippen LogP contribution in [0.2, 0.25) is 5.02 Å². The van der Waals surface area contributed by atoms with Gasteiger partial charge in [-0.25, -0.2) is 4.39 Å². The largest absolute Gasteiger partial charge is 0.496 e. The molecule has 0 bridgehead atoms. The molecule has 0 radical (unpaired) electrons. The van der Waals surface area contributed by atoms with Crippen molar-refractivity contribution < 1.29 is 13.9 Å². The first-order valence-electron chi connectivity index (χ1n) is 6.31. The van der Waals surface area contributed by atoms with Gasteiger partial charge in [0.15, 0.2) is 5.11 Å². The zero-order valence-corrected chi connectivity index (χ0v) is 15.6. The molecule has 2 rings (SSSR count). The van der Waals surface area contributed by atoms with E-state index in [2.05, 4.69) is 10.6 Å². The minimum atomic E-state index is -0.507. The minimum absolute atomic E-state index is 0.0304. The minimum Gasteiger partial charge on any atom is -0.496 e. The van der Waals surface area contributed by atoms with Gasteiger partial charge in [-0.3, -0.25) is 10.1 Å². The molecule has 0 aliphatic heterocycles. The summed E-state index contributed by atoms with van der Waals surface area (Å²) in [6.07, 6.45) is 0. The molecule has 0 aromatic heterocycles. The quantitative estimate of drug-likeness (QED) is 0.528. The van der Waals surface area contributed by atoms with Crippen molar-refractivity contribution in [3.8, 4) is 5.75 Å². The Hall–Kier alpha value is -1.45. The van der Waals surface area contributed by atoms with Crippen molar-refractivity contribution in [2.24, 2.45) is 0 Å². The molecule has 2 aromatic carbocycles. The summed E-state index contributed by atoms with van der Waals surface area (Å²) in [6.45, 7) is 0. The lowest BCUT2D eigenvalue weighted by Gasteiger charge is -2.12. The van der Waals surface area contributed by atoms with Gasteiger partial charge in [0.2, 0.25) is 0 Å². The molecule has 0 saturated heterocycles. The Morgan fingerprint density at radius 2 is 2.04 bits per heavy atom. The molecule has 120 valence electrons. The second-order valence-corrected chi connectivity index (χ2v) is 6.47. The first kappa shape index (κ1) is 17.9. The predicted octanol–water partition coefficient (Wildman–Crippen LogP) is 4.22. The molecule has 4 nitrogen and oxygen atoms in total. The van der Waals surface area contributed by atoms with Crippen molar-refractivity contribution in [2.75, 3.05) is 12.4 Å². The number of hydrogen-bond acceptors (Lipinski definition) is 3. The molecule has 1 amide bonds. The molecule has 0 atom stereocenters. The molecule has 0 unspecified atom stereocenters. The van der Waals surface area contributed by atoms with E-state index in [0.29, 0.717) is 10.8 Å². The van der Waals surface area contributed by atoms with Crippen LogP contribution in [0.25, 0.3) is 0 Å². The maximum Gasteiger partial charge on any atom is 0.261 e. The number of carbonyl (C=O) groups excluding carboxylic acids is 1. The van der Waals surface area contributed by atoms with Crippen molar-refractivity contribution in [1.29, 1.82) is 0 Å². The zero-order chi connectivity index (χ0) is 17.0. The van der Waals surface area contributed by atoms with Crippen LogP contribution in [0.15, 0.2) is 36.4 Å². The SMILES string of the molecule is COc1ccc(Cl)cc1C(=O)NC(=S)Nc1ccc(I)cc1F. The van der Waals surface area contributed by atoms with E-state index in [-0.39, 0.29) is 16.4 Å². The molecule has 0 aliphatic rings. The molecule has 23 heavy (non-hydrogen) atoms. The first-order valence-corrected chi connectivity index (χ1v) is 8.18. The number of anilines is 1. The monoisotopic (exact) mass is 464 g/mol. The van der Waals surface area contributed by atoms with Gasteiger partial charge in [0.25, 0.3) is 5.91 Å². The van der Waals surface area contributed by atoms with E-state index in [1.165, 1.54) is 25.3 Å². The Labute approximate surface area is 156 Å². The summed E-state index contributed by atoms with van der Waals surface area (Å²) in [5.74, 6) is -0.614. The van der Waals surface area contributed by atoms with E-state index in [9.17, 15) is 9.18 Å². The van der Waals surface area contributed by atoms with Crippen molar-refractivity contribution in [2.45, 2.75) is 0 Å². The van der Waals surface area contributed by atoms with Crippen molar-refractivity contribution in [3.63, 3.8) is 0 Å². The van der Waals surface area contributed by atoms with Gasteiger partial charge in [-0.05, 0) is 71.2 Å². The molecule has 0 fully saturated rings. The van der Waals surface area contributed by atoms with Crippen LogP contribution in [0.3, 0.4) is 0 Å². The van der Waals surface area contributed by atoms with Gasteiger partial charge in [-0.1, -0.05) is 11.6 Å². The number of carbonyl (C=O) groups is 1. The first-order chi connectivity index (χ1) is 10.9. The smallest absolute Gasteiger partial charge is 0.261 e. The summed E-state index contributed by atoms with van der Waals surface area (Å²) in [5, 5.41) is 5.46. The van der Waals surface area contributed by atoms with Gasteiger partial charge in [0.1, 0.15) is 11.6 Å². The topological polar surface area (TPSA) is 50.4 Å². The van der Waals surface area contributed by atoms with Gasteiger partial charge >= 0.3 is 0 Å². The molecule has 0 saturated carbocycles. The molecule has 2 N–H and O–H groups in total. The average Bonchev–Trinajstić information content (AvgIpc) is 2.50. The van der Waals surface area contributed by atoms with Crippen LogP contribution in [-0.4, -0.2) is 18.1 Å². The van der Waals surface area contributed by atoms with Gasteiger partial charge in [-0.2, -0.15) is 0 Å². The summed E-state index contributed by atoms with van der Waals surface area (Å²) in [4.78, 5) is 12.2. The van der Waals surface area contributed by atoms with Gasteiger partial charge < -0.3 is 10.1 Å². The number of hydrogen-bond donors (Lipinski definition) is 2. The predicted molar refractivity (Wildman–Crippen MR) is 101 cm³/mol. The van der Waals surface area contributed by atoms with Crippen molar-refractivity contribution in [3.05, 3.63) is 56.4 Å². The zero-order valence-electron chi connectivity index (χ0n) is 11.8. The number of nitrogens with one attached hydrogen (secondary N) is 2. The summed E-state index contributed by atoms with van der Waals surface area (Å²) in [7, 11) is 1.44. The second kappa shape index (κ2) is 7.89. The third-order valence-corrected chi connectivity index (χ3v) is 3.92. The second-order valence-electron chi connectivity index (χ2n) is 4.38. The standard InChI is InChI=1S/C15H11ClFIN2O2S/c1-22-13-5-2-8(16)6-10(13)14(21)20-15(23)19-12-4-3-9(18)7-11(12)17/h2-7H,1H3,(H2,19,20,21,23). The number of benzene rings is 2. The molecule has 0 spiro atoms. The fraction of sp³-hybridized carbons (Fsp3) is 0.0667. The van der Waals surface area contributed by atoms with Crippen LogP contribution in [0.1, 0.15) is 10.4 Å². The molecule has 2 aromatic rings. The summed E-state index contributed by atoms with van der Waals surface area (Å²) < 4.78 is 19.6. The third-order valence-electron chi connectivity index (χ3n) is 2.81. The van der Waals surface area contributed by atoms with Crippen molar-refractivity contribution >= 4 is 63.1 Å². The van der Waals surface area contributed by atoms with Gasteiger partial charge in [0, 0.05) is 8.59 Å². The van der Waals surface area contributed by atoms with Gasteiger partial charge in [0.05, 0.1) is 18.4 Å². The maximum absolute atomic E-state index is 13.8. The van der Waals surface area contributed by atoms with Crippen molar-refractivity contribution in [1.82, 2.24) is 5.32 Å². The number of amides is 1. The lowest BCUT2D eigenvalue weighted by atomic mass is 10.2. The van der Waals surface area contributed by atoms with E-state index in [4.69, 9.17) is 28.6 Å². The third kappa shape index (κ3) is 4.76. The van der Waals surface area contributed by atoms with Crippen LogP contribution >= 0.6 is 46.4 Å². The highest BCUT2D eigenvalue weighted by molar-refractivity contribution is 14.1. The highest BCUT2D eigenvalue weighted by Crippen LogP contribution is 2.22. The normalized spacial score (nSPS) is 10.1. The van der Waals surface area contributed by atoms with E-state index in [1.54, 1.807) is 18.2 Å². The van der Waals surface area contributed by atoms with E-state index >= 15 is 0 Å². The van der Waals surface area contributed by atoms with Crippen LogP contribution in [-0.2, 0) is 0 Å². The Bertz CT molecular complexity index is 773. The molecule has 8 heteroatoms. The highest BCUT2D eigenvalue weighted by atomic mass is 127. The lowest BCUT2D eigenvalue weighted by molar-refractivity contribution is 0.0975. The Balaban J connectivity index is 2.11. The van der Waals surface area contributed by atoms with Crippen LogP contribution in [0.5, 0.6) is 5.75 Å². The molecule has 0 heterocycles. The Morgan fingerprint density at radius 1 is 1.30 bits per heavy atom. The Kier molecular flexibility index (Phi) is 6.14. The fourth-order valence-corrected chi connectivity index (χ4v) is 2.60. The molecular weight excluding hydrogens is 454 g/mol. The number of ether oxygens (including phenoxy) is 1. The number of thiocarbonyl (C=S) groups is 1.